The number of hydrogen-bond acceptors (Lipinski definition) is 7. The molecule has 0 bridgehead atoms. The minimum atomic E-state index is -4.18. The lowest BCUT2D eigenvalue weighted by Crippen LogP contribution is -2.39. The maximum absolute atomic E-state index is 13.7. The molecule has 10 nitrogen and oxygen atoms in total. The molecule has 0 spiro atoms. The summed E-state index contributed by atoms with van der Waals surface area (Å²) in [5.41, 5.74) is 4.86. The third-order valence-corrected chi connectivity index (χ3v) is 8.70. The van der Waals surface area contributed by atoms with Crippen molar-refractivity contribution in [2.75, 3.05) is 23.3 Å². The molecule has 0 unspecified atom stereocenters. The van der Waals surface area contributed by atoms with Crippen LogP contribution >= 0.6 is 0 Å². The second kappa shape index (κ2) is 14.4. The van der Waals surface area contributed by atoms with Gasteiger partial charge in [-0.15, -0.1) is 0 Å². The van der Waals surface area contributed by atoms with E-state index in [-0.39, 0.29) is 16.5 Å². The third kappa shape index (κ3) is 8.07. The van der Waals surface area contributed by atoms with Gasteiger partial charge >= 0.3 is 0 Å². The Hall–Kier alpha value is -5.68. The molecule has 0 saturated carbocycles. The number of anilines is 2. The van der Waals surface area contributed by atoms with Gasteiger partial charge in [0.15, 0.2) is 0 Å². The Bertz CT molecular complexity index is 1960. The molecule has 11 heteroatoms. The largest absolute Gasteiger partial charge is 0.497 e. The number of nitrogens with zero attached hydrogens (tertiary/aromatic N) is 2. The van der Waals surface area contributed by atoms with Gasteiger partial charge in [0.2, 0.25) is 5.91 Å². The Kier molecular flexibility index (Phi) is 9.94. The number of hydrogen-bond donors (Lipinski definition) is 2. The van der Waals surface area contributed by atoms with E-state index in [9.17, 15) is 18.0 Å². The number of amides is 2. The van der Waals surface area contributed by atoms with E-state index < -0.39 is 22.5 Å². The number of carbonyl (C=O) groups is 2. The molecule has 0 heterocycles. The van der Waals surface area contributed by atoms with E-state index in [0.29, 0.717) is 29.4 Å². The Morgan fingerprint density at radius 3 is 2.17 bits per heavy atom. The van der Waals surface area contributed by atoms with E-state index in [1.807, 2.05) is 18.2 Å². The summed E-state index contributed by atoms with van der Waals surface area (Å²) < 4.78 is 39.4. The zero-order valence-electron chi connectivity index (χ0n) is 25.2. The number of carbonyl (C=O) groups excluding carboxylic acids is 2. The first-order valence-corrected chi connectivity index (χ1v) is 15.7. The van der Waals surface area contributed by atoms with Crippen molar-refractivity contribution in [3.8, 4) is 11.5 Å². The Labute approximate surface area is 267 Å². The lowest BCUT2D eigenvalue weighted by atomic mass is 10.1. The standard InChI is InChI=1S/C35H32N4O6S/c1-25(40)37-30-11-19-34(20-12-30)46(42,43)39(31-13-17-32(44-2)18-14-31)23-35(41)38-36-22-26-8-15-33(16-9-26)45-24-27-7-10-28-5-3-4-6-29(28)21-27/h3-22H,23-24H2,1-2H3,(H,37,40)(H,38,41)/b36-22-. The molecule has 46 heavy (non-hydrogen) atoms. The van der Waals surface area contributed by atoms with Crippen molar-refractivity contribution in [1.82, 2.24) is 5.43 Å². The zero-order valence-corrected chi connectivity index (χ0v) is 26.0. The van der Waals surface area contributed by atoms with Crippen LogP contribution in [0.1, 0.15) is 18.1 Å². The maximum atomic E-state index is 13.7. The number of methoxy groups -OCH3 is 1. The lowest BCUT2D eigenvalue weighted by molar-refractivity contribution is -0.119. The molecule has 0 aromatic heterocycles. The fraction of sp³-hybridized carbons (Fsp3) is 0.114. The SMILES string of the molecule is COc1ccc(N(CC(=O)N/N=C\c2ccc(OCc3ccc4ccccc4c3)cc2)S(=O)(=O)c2ccc(NC(C)=O)cc2)cc1. The van der Waals surface area contributed by atoms with Crippen molar-refractivity contribution in [2.45, 2.75) is 18.4 Å². The first-order valence-electron chi connectivity index (χ1n) is 14.3. The molecule has 0 atom stereocenters. The van der Waals surface area contributed by atoms with E-state index in [0.717, 1.165) is 15.3 Å². The third-order valence-electron chi connectivity index (χ3n) is 6.91. The van der Waals surface area contributed by atoms with Crippen LogP contribution in [0.15, 0.2) is 125 Å². The number of rotatable bonds is 12. The quantitative estimate of drug-likeness (QED) is 0.133. The predicted molar refractivity (Wildman–Crippen MR) is 179 cm³/mol. The summed E-state index contributed by atoms with van der Waals surface area (Å²) in [6.45, 7) is 1.23. The molecule has 234 valence electrons. The normalized spacial score (nSPS) is 11.3. The van der Waals surface area contributed by atoms with Crippen LogP contribution < -0.4 is 24.5 Å². The van der Waals surface area contributed by atoms with Crippen LogP contribution in [0.4, 0.5) is 11.4 Å². The van der Waals surface area contributed by atoms with Crippen molar-refractivity contribution in [3.05, 3.63) is 126 Å². The van der Waals surface area contributed by atoms with Gasteiger partial charge in [-0.05, 0) is 101 Å². The molecule has 2 amide bonds. The minimum Gasteiger partial charge on any atom is -0.497 e. The van der Waals surface area contributed by atoms with E-state index in [1.165, 1.54) is 49.9 Å². The fourth-order valence-corrected chi connectivity index (χ4v) is 6.02. The van der Waals surface area contributed by atoms with E-state index in [2.05, 4.69) is 40.1 Å². The summed E-state index contributed by atoms with van der Waals surface area (Å²) in [5, 5.41) is 8.94. The summed E-state index contributed by atoms with van der Waals surface area (Å²) >= 11 is 0. The van der Waals surface area contributed by atoms with Crippen LogP contribution in [0.3, 0.4) is 0 Å². The highest BCUT2D eigenvalue weighted by Gasteiger charge is 2.27. The second-order valence-corrected chi connectivity index (χ2v) is 12.1. The average molecular weight is 637 g/mol. The van der Waals surface area contributed by atoms with Gasteiger partial charge in [-0.1, -0.05) is 36.4 Å². The van der Waals surface area contributed by atoms with Crippen LogP contribution in [-0.2, 0) is 26.2 Å². The highest BCUT2D eigenvalue weighted by atomic mass is 32.2. The molecule has 0 saturated heterocycles. The molecule has 0 fully saturated rings. The van der Waals surface area contributed by atoms with Crippen molar-refractivity contribution < 1.29 is 27.5 Å². The van der Waals surface area contributed by atoms with Gasteiger partial charge < -0.3 is 14.8 Å². The smallest absolute Gasteiger partial charge is 0.264 e. The Morgan fingerprint density at radius 2 is 1.50 bits per heavy atom. The van der Waals surface area contributed by atoms with Gasteiger partial charge in [-0.3, -0.25) is 13.9 Å². The summed E-state index contributed by atoms with van der Waals surface area (Å²) in [7, 11) is -2.68. The molecule has 0 aliphatic carbocycles. The van der Waals surface area contributed by atoms with Crippen LogP contribution in [0.25, 0.3) is 10.8 Å². The minimum absolute atomic E-state index is 0.0587. The van der Waals surface area contributed by atoms with Gasteiger partial charge in [-0.25, -0.2) is 13.8 Å². The lowest BCUT2D eigenvalue weighted by Gasteiger charge is -2.24. The number of hydrazone groups is 1. The number of benzene rings is 5. The van der Waals surface area contributed by atoms with E-state index >= 15 is 0 Å². The molecular formula is C35H32N4O6S. The summed E-state index contributed by atoms with van der Waals surface area (Å²) in [6, 6.07) is 33.5. The van der Waals surface area contributed by atoms with Crippen molar-refractivity contribution in [2.24, 2.45) is 5.10 Å². The van der Waals surface area contributed by atoms with Crippen molar-refractivity contribution in [1.29, 1.82) is 0 Å². The summed E-state index contributed by atoms with van der Waals surface area (Å²) in [6.07, 6.45) is 1.46. The van der Waals surface area contributed by atoms with E-state index in [4.69, 9.17) is 9.47 Å². The fourth-order valence-electron chi connectivity index (χ4n) is 4.59. The van der Waals surface area contributed by atoms with Crippen LogP contribution in [-0.4, -0.2) is 40.1 Å². The molecule has 0 aliphatic rings. The monoisotopic (exact) mass is 636 g/mol. The highest BCUT2D eigenvalue weighted by molar-refractivity contribution is 7.92. The molecule has 2 N–H and O–H groups in total. The van der Waals surface area contributed by atoms with Crippen molar-refractivity contribution >= 4 is 50.2 Å². The summed E-state index contributed by atoms with van der Waals surface area (Å²) in [4.78, 5) is 24.2. The van der Waals surface area contributed by atoms with Gasteiger partial charge in [0.05, 0.1) is 23.9 Å². The van der Waals surface area contributed by atoms with Gasteiger partial charge in [0.25, 0.3) is 15.9 Å². The van der Waals surface area contributed by atoms with Gasteiger partial charge in [0, 0.05) is 12.6 Å². The van der Waals surface area contributed by atoms with Crippen LogP contribution in [0.5, 0.6) is 11.5 Å². The molecule has 0 radical (unpaired) electrons. The molecule has 5 rings (SSSR count). The molecular weight excluding hydrogens is 604 g/mol. The number of fused-ring (bicyclic) bond motifs is 1. The van der Waals surface area contributed by atoms with Gasteiger partial charge in [0.1, 0.15) is 24.7 Å². The topological polar surface area (TPSA) is 126 Å². The van der Waals surface area contributed by atoms with Crippen LogP contribution in [0, 0.1) is 0 Å². The maximum Gasteiger partial charge on any atom is 0.264 e. The van der Waals surface area contributed by atoms with Crippen molar-refractivity contribution in [3.63, 3.8) is 0 Å². The predicted octanol–water partition coefficient (Wildman–Crippen LogP) is 5.73. The first kappa shape index (κ1) is 31.7. The molecule has 5 aromatic rings. The Morgan fingerprint density at radius 1 is 0.826 bits per heavy atom. The molecule has 0 aliphatic heterocycles. The number of ether oxygens (including phenoxy) is 2. The second-order valence-electron chi connectivity index (χ2n) is 10.2. The first-order chi connectivity index (χ1) is 22.2. The number of sulfonamides is 1. The Balaban J connectivity index is 1.22. The van der Waals surface area contributed by atoms with Gasteiger partial charge in [-0.2, -0.15) is 5.10 Å². The van der Waals surface area contributed by atoms with E-state index in [1.54, 1.807) is 48.5 Å². The summed E-state index contributed by atoms with van der Waals surface area (Å²) in [5.74, 6) is 0.273. The number of nitrogens with one attached hydrogen (secondary N) is 2. The van der Waals surface area contributed by atoms with Crippen LogP contribution in [0.2, 0.25) is 0 Å². The average Bonchev–Trinajstić information content (AvgIpc) is 3.07. The molecule has 5 aromatic carbocycles. The highest BCUT2D eigenvalue weighted by Crippen LogP contribution is 2.26. The zero-order chi connectivity index (χ0) is 32.5.